The number of rotatable bonds is 9. The Morgan fingerprint density at radius 3 is 1.14 bits per heavy atom. The zero-order chi connectivity index (χ0) is 23.7. The highest BCUT2D eigenvalue weighted by atomic mass is 28.5. The topological polar surface area (TPSA) is 47.9 Å². The number of halogens is 6. The first-order valence-corrected chi connectivity index (χ1v) is 21.0. The Balaban J connectivity index is 6.26. The van der Waals surface area contributed by atoms with Crippen molar-refractivity contribution >= 4 is 33.8 Å². The van der Waals surface area contributed by atoms with Crippen molar-refractivity contribution in [1.29, 1.82) is 0 Å². The lowest BCUT2D eigenvalue weighted by molar-refractivity contribution is -0.366. The molecule has 0 aromatic heterocycles. The fourth-order valence-electron chi connectivity index (χ4n) is 2.21. The number of hydrogen-bond acceptors (Lipinski definition) is 4. The molecule has 174 valence electrons. The molecule has 0 saturated heterocycles. The SMILES string of the molecule is C[Si](C)(C)O[Si](C=CCC(O)(C(F)(F)F)C(F)(F)F)(O[Si](C)(C)C)O[Si](C)(C)C. The highest BCUT2D eigenvalue weighted by Gasteiger charge is 2.69. The van der Waals surface area contributed by atoms with Crippen LogP contribution in [0.2, 0.25) is 58.9 Å². The monoisotopic (exact) mass is 502 g/mol. The molecule has 0 unspecified atom stereocenters. The first kappa shape index (κ1) is 29.0. The largest absolute Gasteiger partial charge is 0.497 e. The lowest BCUT2D eigenvalue weighted by Gasteiger charge is -2.41. The average molecular weight is 503 g/mol. The summed E-state index contributed by atoms with van der Waals surface area (Å²) in [5.41, 5.74) is -3.79. The molecule has 0 aliphatic rings. The number of aliphatic hydroxyl groups is 1. The minimum Gasteiger partial charge on any atom is -0.414 e. The molecule has 0 amide bonds. The van der Waals surface area contributed by atoms with Crippen LogP contribution in [-0.2, 0) is 12.3 Å². The Bertz CT molecular complexity index is 519. The summed E-state index contributed by atoms with van der Waals surface area (Å²) in [5, 5.41) is 9.40. The van der Waals surface area contributed by atoms with E-state index in [1.807, 2.05) is 58.9 Å². The van der Waals surface area contributed by atoms with E-state index in [9.17, 15) is 31.4 Å². The molecule has 14 heteroatoms. The highest BCUT2D eigenvalue weighted by molar-refractivity contribution is 6.92. The zero-order valence-corrected chi connectivity index (χ0v) is 22.3. The van der Waals surface area contributed by atoms with Gasteiger partial charge in [0.2, 0.25) is 0 Å². The van der Waals surface area contributed by atoms with Gasteiger partial charge in [0.15, 0.2) is 25.0 Å². The second kappa shape index (κ2) is 8.88. The van der Waals surface area contributed by atoms with E-state index in [-0.39, 0.29) is 0 Å². The first-order chi connectivity index (χ1) is 12.3. The summed E-state index contributed by atoms with van der Waals surface area (Å²) in [7, 11) is -10.9. The minimum absolute atomic E-state index is 0.633. The normalized spacial score (nSPS) is 16.0. The molecule has 0 radical (unpaired) electrons. The maximum absolute atomic E-state index is 13.0. The molecule has 4 nitrogen and oxygen atoms in total. The fraction of sp³-hybridized carbons (Fsp3) is 0.867. The van der Waals surface area contributed by atoms with Gasteiger partial charge in [0, 0.05) is 6.42 Å². The van der Waals surface area contributed by atoms with Crippen LogP contribution in [0.25, 0.3) is 0 Å². The van der Waals surface area contributed by atoms with Crippen molar-refractivity contribution < 1.29 is 43.8 Å². The summed E-state index contributed by atoms with van der Waals surface area (Å²) in [6.07, 6.45) is -12.9. The van der Waals surface area contributed by atoms with Crippen molar-refractivity contribution in [2.75, 3.05) is 0 Å². The van der Waals surface area contributed by atoms with Gasteiger partial charge < -0.3 is 17.5 Å². The van der Waals surface area contributed by atoms with Crippen LogP contribution in [0.1, 0.15) is 6.42 Å². The van der Waals surface area contributed by atoms with E-state index in [1.165, 1.54) is 0 Å². The van der Waals surface area contributed by atoms with Gasteiger partial charge in [-0.2, -0.15) is 26.3 Å². The van der Waals surface area contributed by atoms with Gasteiger partial charge in [-0.05, 0) is 64.6 Å². The summed E-state index contributed by atoms with van der Waals surface area (Å²) in [5.74, 6) is 0. The molecule has 0 heterocycles. The predicted octanol–water partition coefficient (Wildman–Crippen LogP) is 5.82. The molecular weight excluding hydrogens is 470 g/mol. The van der Waals surface area contributed by atoms with Crippen LogP contribution in [0.15, 0.2) is 11.8 Å². The van der Waals surface area contributed by atoms with Gasteiger partial charge in [-0.25, -0.2) is 0 Å². The van der Waals surface area contributed by atoms with Crippen molar-refractivity contribution in [2.24, 2.45) is 0 Å². The van der Waals surface area contributed by atoms with Crippen LogP contribution in [-0.4, -0.2) is 56.8 Å². The molecular formula is C15H32F6O4Si4. The molecule has 0 aromatic carbocycles. The van der Waals surface area contributed by atoms with E-state index in [0.29, 0.717) is 6.08 Å². The molecule has 0 spiro atoms. The van der Waals surface area contributed by atoms with Crippen LogP contribution >= 0.6 is 0 Å². The Hall–Kier alpha value is 0.0275. The third-order valence-electron chi connectivity index (χ3n) is 3.02. The van der Waals surface area contributed by atoms with Crippen molar-refractivity contribution in [3.05, 3.63) is 11.8 Å². The smallest absolute Gasteiger partial charge is 0.414 e. The van der Waals surface area contributed by atoms with Gasteiger partial charge in [-0.3, -0.25) is 0 Å². The number of hydrogen-bond donors (Lipinski definition) is 1. The van der Waals surface area contributed by atoms with E-state index in [0.717, 1.165) is 5.70 Å². The molecule has 0 bridgehead atoms. The van der Waals surface area contributed by atoms with Crippen molar-refractivity contribution in [2.45, 2.75) is 83.3 Å². The van der Waals surface area contributed by atoms with E-state index >= 15 is 0 Å². The second-order valence-electron chi connectivity index (χ2n) is 9.71. The van der Waals surface area contributed by atoms with Gasteiger partial charge in [-0.15, -0.1) is 0 Å². The van der Waals surface area contributed by atoms with Crippen LogP contribution in [0.5, 0.6) is 0 Å². The summed E-state index contributed by atoms with van der Waals surface area (Å²) in [4.78, 5) is 0. The molecule has 0 aromatic rings. The average Bonchev–Trinajstić information content (AvgIpc) is 2.28. The van der Waals surface area contributed by atoms with Gasteiger partial charge in [0.25, 0.3) is 5.60 Å². The van der Waals surface area contributed by atoms with E-state index in [1.54, 1.807) is 0 Å². The summed E-state index contributed by atoms with van der Waals surface area (Å²) in [6.45, 7) is 16.4. The highest BCUT2D eigenvalue weighted by Crippen LogP contribution is 2.45. The lowest BCUT2D eigenvalue weighted by atomic mass is 9.98. The fourth-order valence-corrected chi connectivity index (χ4v) is 15.3. The molecule has 0 aliphatic carbocycles. The molecule has 0 rings (SSSR count). The number of alkyl halides is 6. The predicted molar refractivity (Wildman–Crippen MR) is 110 cm³/mol. The van der Waals surface area contributed by atoms with Crippen LogP contribution in [0.4, 0.5) is 26.3 Å². The maximum atomic E-state index is 13.0. The molecule has 29 heavy (non-hydrogen) atoms. The molecule has 0 fully saturated rings. The van der Waals surface area contributed by atoms with E-state index < -0.39 is 58.1 Å². The van der Waals surface area contributed by atoms with Crippen molar-refractivity contribution in [3.8, 4) is 0 Å². The minimum atomic E-state index is -5.89. The van der Waals surface area contributed by atoms with Gasteiger partial charge in [0.1, 0.15) is 0 Å². The van der Waals surface area contributed by atoms with Gasteiger partial charge >= 0.3 is 21.2 Å². The first-order valence-electron chi connectivity index (χ1n) is 8.97. The summed E-state index contributed by atoms with van der Waals surface area (Å²) in [6, 6.07) is 0. The molecule has 0 saturated carbocycles. The van der Waals surface area contributed by atoms with Crippen molar-refractivity contribution in [3.63, 3.8) is 0 Å². The van der Waals surface area contributed by atoms with Crippen LogP contribution < -0.4 is 0 Å². The lowest BCUT2D eigenvalue weighted by Crippen LogP contribution is -2.60. The van der Waals surface area contributed by atoms with Crippen LogP contribution in [0.3, 0.4) is 0 Å². The third-order valence-corrected chi connectivity index (χ3v) is 14.4. The zero-order valence-electron chi connectivity index (χ0n) is 18.3. The Labute approximate surface area is 173 Å². The molecule has 0 atom stereocenters. The quantitative estimate of drug-likeness (QED) is 0.319. The van der Waals surface area contributed by atoms with E-state index in [4.69, 9.17) is 12.3 Å². The Morgan fingerprint density at radius 2 is 0.931 bits per heavy atom. The van der Waals surface area contributed by atoms with Gasteiger partial charge in [0.05, 0.1) is 0 Å². The summed E-state index contributed by atoms with van der Waals surface area (Å²) >= 11 is 0. The maximum Gasteiger partial charge on any atom is 0.497 e. The van der Waals surface area contributed by atoms with E-state index in [2.05, 4.69) is 0 Å². The standard InChI is InChI=1S/C15H32F6O4Si4/c1-26(2,3)23-29(24-27(4,5)6,25-28(7,8)9)12-10-11-13(22,14(16,17)18)15(19,20)21/h10,12,22H,11H2,1-9H3. The van der Waals surface area contributed by atoms with Crippen LogP contribution in [0, 0.1) is 0 Å². The Kier molecular flexibility index (Phi) is 8.88. The summed E-state index contributed by atoms with van der Waals surface area (Å²) < 4.78 is 96.2. The molecule has 1 N–H and O–H groups in total. The van der Waals surface area contributed by atoms with Gasteiger partial charge in [-0.1, -0.05) is 6.08 Å². The third kappa shape index (κ3) is 9.79. The van der Waals surface area contributed by atoms with Crippen molar-refractivity contribution in [1.82, 2.24) is 0 Å². The second-order valence-corrected chi connectivity index (χ2v) is 26.4. The Morgan fingerprint density at radius 1 is 0.655 bits per heavy atom. The molecule has 0 aliphatic heterocycles.